The zero-order valence-corrected chi connectivity index (χ0v) is 15.6. The van der Waals surface area contributed by atoms with Crippen LogP contribution in [0.4, 0.5) is 0 Å². The van der Waals surface area contributed by atoms with Crippen LogP contribution in [-0.2, 0) is 10.2 Å². The molecule has 26 heavy (non-hydrogen) atoms. The van der Waals surface area contributed by atoms with E-state index in [1.54, 1.807) is 0 Å². The molecule has 4 rings (SSSR count). The summed E-state index contributed by atoms with van der Waals surface area (Å²) in [4.78, 5) is 15.7. The second-order valence-corrected chi connectivity index (χ2v) is 7.90. The molecule has 0 radical (unpaired) electrons. The summed E-state index contributed by atoms with van der Waals surface area (Å²) >= 11 is 0. The van der Waals surface area contributed by atoms with Crippen molar-refractivity contribution >= 4 is 5.91 Å². The average molecular weight is 348 g/mol. The second kappa shape index (κ2) is 7.24. The third-order valence-corrected chi connectivity index (χ3v) is 5.90. The monoisotopic (exact) mass is 348 g/mol. The molecular formula is C23H28N2O. The highest BCUT2D eigenvalue weighted by atomic mass is 16.2. The maximum absolute atomic E-state index is 13.3. The van der Waals surface area contributed by atoms with Gasteiger partial charge < -0.3 is 10.2 Å². The summed E-state index contributed by atoms with van der Waals surface area (Å²) in [5.74, 6) is 0.191. The fourth-order valence-corrected chi connectivity index (χ4v) is 4.15. The largest absolute Gasteiger partial charge is 0.347 e. The van der Waals surface area contributed by atoms with E-state index >= 15 is 0 Å². The number of nitrogens with zero attached hydrogens (tertiary/aromatic N) is 1. The predicted octanol–water partition coefficient (Wildman–Crippen LogP) is 3.98. The molecule has 1 aliphatic heterocycles. The van der Waals surface area contributed by atoms with E-state index in [0.29, 0.717) is 0 Å². The molecule has 1 saturated heterocycles. The first kappa shape index (κ1) is 17.3. The quantitative estimate of drug-likeness (QED) is 0.856. The molecule has 0 unspecified atom stereocenters. The van der Waals surface area contributed by atoms with E-state index in [1.165, 1.54) is 29.5 Å². The molecule has 136 valence electrons. The van der Waals surface area contributed by atoms with Crippen molar-refractivity contribution in [2.75, 3.05) is 19.6 Å². The van der Waals surface area contributed by atoms with Crippen LogP contribution >= 0.6 is 0 Å². The number of amides is 1. The SMILES string of the molecule is Cc1cccc(C2(C(=O)N[C@H](CN3CCCC3)c3ccccc3)CC2)c1. The van der Waals surface area contributed by atoms with Gasteiger partial charge >= 0.3 is 0 Å². The number of carbonyl (C=O) groups excluding carboxylic acids is 1. The van der Waals surface area contributed by atoms with Gasteiger partial charge in [-0.2, -0.15) is 0 Å². The fourth-order valence-electron chi connectivity index (χ4n) is 4.15. The van der Waals surface area contributed by atoms with Crippen molar-refractivity contribution < 1.29 is 4.79 Å². The lowest BCUT2D eigenvalue weighted by atomic mass is 9.93. The molecule has 2 aromatic rings. The molecule has 3 heteroatoms. The zero-order chi connectivity index (χ0) is 18.0. The van der Waals surface area contributed by atoms with E-state index < -0.39 is 0 Å². The minimum Gasteiger partial charge on any atom is -0.347 e. The highest BCUT2D eigenvalue weighted by molar-refractivity contribution is 5.91. The van der Waals surface area contributed by atoms with Gasteiger partial charge in [0.2, 0.25) is 5.91 Å². The second-order valence-electron chi connectivity index (χ2n) is 7.90. The lowest BCUT2D eigenvalue weighted by Crippen LogP contribution is -2.41. The van der Waals surface area contributed by atoms with Crippen LogP contribution in [0.25, 0.3) is 0 Å². The van der Waals surface area contributed by atoms with Gasteiger partial charge in [-0.1, -0.05) is 60.2 Å². The first-order valence-electron chi connectivity index (χ1n) is 9.83. The van der Waals surface area contributed by atoms with Gasteiger partial charge in [0, 0.05) is 6.54 Å². The lowest BCUT2D eigenvalue weighted by molar-refractivity contribution is -0.124. The van der Waals surface area contributed by atoms with Gasteiger partial charge in [-0.05, 0) is 56.8 Å². The minimum atomic E-state index is -0.315. The minimum absolute atomic E-state index is 0.0593. The van der Waals surface area contributed by atoms with Crippen molar-refractivity contribution in [2.24, 2.45) is 0 Å². The van der Waals surface area contributed by atoms with Crippen LogP contribution < -0.4 is 5.32 Å². The molecule has 3 nitrogen and oxygen atoms in total. The Hall–Kier alpha value is -2.13. The molecule has 0 aromatic heterocycles. The van der Waals surface area contributed by atoms with Crippen molar-refractivity contribution in [2.45, 2.75) is 44.1 Å². The summed E-state index contributed by atoms with van der Waals surface area (Å²) in [6, 6.07) is 18.9. The topological polar surface area (TPSA) is 32.3 Å². The summed E-state index contributed by atoms with van der Waals surface area (Å²) in [5, 5.41) is 3.40. The number of benzene rings is 2. The van der Waals surface area contributed by atoms with Crippen LogP contribution in [0.1, 0.15) is 48.4 Å². The first-order valence-corrected chi connectivity index (χ1v) is 9.83. The van der Waals surface area contributed by atoms with Crippen molar-refractivity contribution in [3.8, 4) is 0 Å². The smallest absolute Gasteiger partial charge is 0.231 e. The summed E-state index contributed by atoms with van der Waals surface area (Å²) in [5.41, 5.74) is 3.28. The van der Waals surface area contributed by atoms with Crippen LogP contribution in [0, 0.1) is 6.92 Å². The Kier molecular flexibility index (Phi) is 4.82. The number of aryl methyl sites for hydroxylation is 1. The molecule has 1 aliphatic carbocycles. The molecule has 1 heterocycles. The van der Waals surface area contributed by atoms with Crippen molar-refractivity contribution in [1.29, 1.82) is 0 Å². The molecule has 1 N–H and O–H groups in total. The van der Waals surface area contributed by atoms with Gasteiger partial charge in [0.15, 0.2) is 0 Å². The first-order chi connectivity index (χ1) is 12.7. The van der Waals surface area contributed by atoms with Crippen LogP contribution in [0.5, 0.6) is 0 Å². The summed E-state index contributed by atoms with van der Waals surface area (Å²) in [6.45, 7) is 5.28. The highest BCUT2D eigenvalue weighted by Crippen LogP contribution is 2.49. The molecular weight excluding hydrogens is 320 g/mol. The normalized spacial score (nSPS) is 19.9. The van der Waals surface area contributed by atoms with Crippen molar-refractivity contribution in [1.82, 2.24) is 10.2 Å². The number of carbonyl (C=O) groups is 1. The Bertz CT molecular complexity index is 761. The Morgan fingerprint density at radius 2 is 1.81 bits per heavy atom. The van der Waals surface area contributed by atoms with E-state index in [4.69, 9.17) is 0 Å². The molecule has 0 spiro atoms. The Labute approximate surface area is 156 Å². The molecule has 2 aromatic carbocycles. The Morgan fingerprint density at radius 3 is 2.46 bits per heavy atom. The van der Waals surface area contributed by atoms with Gasteiger partial charge in [0.1, 0.15) is 0 Å². The molecule has 1 saturated carbocycles. The summed E-state index contributed by atoms with van der Waals surface area (Å²) < 4.78 is 0. The number of hydrogen-bond donors (Lipinski definition) is 1. The van der Waals surface area contributed by atoms with Crippen LogP contribution in [0.15, 0.2) is 54.6 Å². The summed E-state index contributed by atoms with van der Waals surface area (Å²) in [6.07, 6.45) is 4.44. The molecule has 1 atom stereocenters. The zero-order valence-electron chi connectivity index (χ0n) is 15.6. The number of likely N-dealkylation sites (tertiary alicyclic amines) is 1. The van der Waals surface area contributed by atoms with Gasteiger partial charge in [0.25, 0.3) is 0 Å². The van der Waals surface area contributed by atoms with Gasteiger partial charge in [-0.3, -0.25) is 4.79 Å². The molecule has 2 aliphatic rings. The molecule has 1 amide bonds. The number of nitrogens with one attached hydrogen (secondary N) is 1. The van der Waals surface area contributed by atoms with Crippen LogP contribution in [-0.4, -0.2) is 30.4 Å². The Morgan fingerprint density at radius 1 is 1.08 bits per heavy atom. The highest BCUT2D eigenvalue weighted by Gasteiger charge is 2.51. The maximum Gasteiger partial charge on any atom is 0.231 e. The third kappa shape index (κ3) is 3.54. The van der Waals surface area contributed by atoms with Crippen molar-refractivity contribution in [3.05, 3.63) is 71.3 Å². The number of hydrogen-bond acceptors (Lipinski definition) is 2. The van der Waals surface area contributed by atoms with E-state index in [1.807, 2.05) is 6.07 Å². The number of rotatable bonds is 6. The lowest BCUT2D eigenvalue weighted by Gasteiger charge is -2.27. The van der Waals surface area contributed by atoms with Gasteiger partial charge in [0.05, 0.1) is 11.5 Å². The van der Waals surface area contributed by atoms with E-state index in [0.717, 1.165) is 32.5 Å². The average Bonchev–Trinajstić information content (AvgIpc) is 3.33. The van der Waals surface area contributed by atoms with E-state index in [-0.39, 0.29) is 17.4 Å². The van der Waals surface area contributed by atoms with E-state index in [2.05, 4.69) is 65.7 Å². The Balaban J connectivity index is 1.54. The van der Waals surface area contributed by atoms with Gasteiger partial charge in [-0.25, -0.2) is 0 Å². The molecule has 0 bridgehead atoms. The summed E-state index contributed by atoms with van der Waals surface area (Å²) in [7, 11) is 0. The van der Waals surface area contributed by atoms with Crippen LogP contribution in [0.2, 0.25) is 0 Å². The fraction of sp³-hybridized carbons (Fsp3) is 0.435. The standard InChI is InChI=1S/C23H28N2O/c1-18-8-7-11-20(16-18)23(12-13-23)22(26)24-21(17-25-14-5-6-15-25)19-9-3-2-4-10-19/h2-4,7-11,16,21H,5-6,12-15,17H2,1H3,(H,24,26)/t21-/m1/s1. The van der Waals surface area contributed by atoms with E-state index in [9.17, 15) is 4.79 Å². The van der Waals surface area contributed by atoms with Crippen molar-refractivity contribution in [3.63, 3.8) is 0 Å². The molecule has 2 fully saturated rings. The maximum atomic E-state index is 13.3. The third-order valence-electron chi connectivity index (χ3n) is 5.90. The van der Waals surface area contributed by atoms with Gasteiger partial charge in [-0.15, -0.1) is 0 Å². The van der Waals surface area contributed by atoms with Crippen LogP contribution in [0.3, 0.4) is 0 Å². The predicted molar refractivity (Wildman–Crippen MR) is 105 cm³/mol.